The molecule has 128 valence electrons. The first-order chi connectivity index (χ1) is 10.4. The first-order valence-corrected chi connectivity index (χ1v) is 7.94. The first-order valence-electron chi connectivity index (χ1n) is 6.45. The van der Waals surface area contributed by atoms with Crippen molar-refractivity contribution in [2.45, 2.75) is 31.3 Å². The molecule has 0 aromatic heterocycles. The molecule has 0 saturated carbocycles. The van der Waals surface area contributed by atoms with E-state index in [1.807, 2.05) is 4.72 Å². The largest absolute Gasteiger partial charge is 0.471 e. The maximum atomic E-state index is 12.1. The minimum atomic E-state index is -5.05. The molecule has 2 amide bonds. The van der Waals surface area contributed by atoms with E-state index in [1.54, 1.807) is 19.2 Å². The van der Waals surface area contributed by atoms with Gasteiger partial charge in [0.15, 0.2) is 0 Å². The number of hydrogen-bond acceptors (Lipinski definition) is 4. The van der Waals surface area contributed by atoms with Crippen molar-refractivity contribution >= 4 is 27.5 Å². The molecule has 2 N–H and O–H groups in total. The molecule has 0 atom stereocenters. The molecule has 0 unspecified atom stereocenters. The highest BCUT2D eigenvalue weighted by Gasteiger charge is 2.38. The lowest BCUT2D eigenvalue weighted by Crippen LogP contribution is -2.31. The Bertz CT molecular complexity index is 682. The second-order valence-corrected chi connectivity index (χ2v) is 6.79. The quantitative estimate of drug-likeness (QED) is 0.848. The Morgan fingerprint density at radius 1 is 1.13 bits per heavy atom. The Labute approximate surface area is 131 Å². The van der Waals surface area contributed by atoms with E-state index in [4.69, 9.17) is 0 Å². The second-order valence-electron chi connectivity index (χ2n) is 5.10. The molecular weight excluding hydrogens is 337 g/mol. The van der Waals surface area contributed by atoms with E-state index in [-0.39, 0.29) is 22.9 Å². The molecule has 0 aliphatic carbocycles. The minimum Gasteiger partial charge on any atom is -0.318 e. The normalized spacial score (nSPS) is 12.1. The topological polar surface area (TPSA) is 92.3 Å². The number of halogens is 3. The molecule has 0 fully saturated rings. The number of rotatable bonds is 5. The van der Waals surface area contributed by atoms with Crippen LogP contribution in [-0.2, 0) is 19.6 Å². The fraction of sp³-hybridized carbons (Fsp3) is 0.385. The molecule has 6 nitrogen and oxygen atoms in total. The van der Waals surface area contributed by atoms with Crippen LogP contribution < -0.4 is 10.0 Å². The molecule has 0 radical (unpaired) electrons. The van der Waals surface area contributed by atoms with Gasteiger partial charge in [0, 0.05) is 12.1 Å². The summed E-state index contributed by atoms with van der Waals surface area (Å²) in [5, 5.41) is 1.58. The monoisotopic (exact) mass is 352 g/mol. The van der Waals surface area contributed by atoms with Gasteiger partial charge in [-0.05, 0) is 30.2 Å². The van der Waals surface area contributed by atoms with Crippen LogP contribution in [0.1, 0.15) is 20.3 Å². The van der Waals surface area contributed by atoms with Crippen molar-refractivity contribution in [3.05, 3.63) is 24.3 Å². The van der Waals surface area contributed by atoms with Crippen molar-refractivity contribution in [1.82, 2.24) is 4.72 Å². The fourth-order valence-corrected chi connectivity index (χ4v) is 2.54. The van der Waals surface area contributed by atoms with Gasteiger partial charge >= 0.3 is 12.1 Å². The van der Waals surface area contributed by atoms with E-state index in [9.17, 15) is 31.2 Å². The maximum Gasteiger partial charge on any atom is 0.471 e. The summed E-state index contributed by atoms with van der Waals surface area (Å²) in [6.07, 6.45) is -5.03. The number of benzene rings is 1. The molecule has 0 bridgehead atoms. The van der Waals surface area contributed by atoms with E-state index in [2.05, 4.69) is 0 Å². The Kier molecular flexibility index (Phi) is 5.75. The van der Waals surface area contributed by atoms with Crippen LogP contribution in [0, 0.1) is 5.92 Å². The van der Waals surface area contributed by atoms with Crippen molar-refractivity contribution < 1.29 is 31.2 Å². The molecule has 1 aromatic carbocycles. The zero-order chi connectivity index (χ0) is 17.8. The second kappa shape index (κ2) is 6.99. The number of anilines is 1. The molecule has 0 spiro atoms. The Morgan fingerprint density at radius 2 is 1.65 bits per heavy atom. The van der Waals surface area contributed by atoms with Gasteiger partial charge < -0.3 is 5.32 Å². The van der Waals surface area contributed by atoms with Crippen molar-refractivity contribution in [3.63, 3.8) is 0 Å². The molecule has 0 aliphatic rings. The summed E-state index contributed by atoms with van der Waals surface area (Å²) in [6.45, 7) is 3.48. The zero-order valence-corrected chi connectivity index (χ0v) is 13.1. The lowest BCUT2D eigenvalue weighted by Gasteiger charge is -2.10. The van der Waals surface area contributed by atoms with E-state index >= 15 is 0 Å². The Morgan fingerprint density at radius 3 is 2.09 bits per heavy atom. The fourth-order valence-electron chi connectivity index (χ4n) is 1.54. The van der Waals surface area contributed by atoms with Crippen LogP contribution in [0.3, 0.4) is 0 Å². The summed E-state index contributed by atoms with van der Waals surface area (Å²) >= 11 is 0. The van der Waals surface area contributed by atoms with E-state index in [0.717, 1.165) is 24.3 Å². The average molecular weight is 352 g/mol. The third-order valence-corrected chi connectivity index (χ3v) is 3.91. The summed E-state index contributed by atoms with van der Waals surface area (Å²) in [5.41, 5.74) is -0.222. The lowest BCUT2D eigenvalue weighted by atomic mass is 10.1. The molecule has 0 heterocycles. The highest BCUT2D eigenvalue weighted by molar-refractivity contribution is 7.90. The predicted molar refractivity (Wildman–Crippen MR) is 75.9 cm³/mol. The smallest absolute Gasteiger partial charge is 0.318 e. The van der Waals surface area contributed by atoms with Gasteiger partial charge in [-0.1, -0.05) is 13.8 Å². The maximum absolute atomic E-state index is 12.1. The van der Waals surface area contributed by atoms with Crippen LogP contribution in [0.15, 0.2) is 29.2 Å². The molecule has 10 heteroatoms. The van der Waals surface area contributed by atoms with Crippen molar-refractivity contribution in [3.8, 4) is 0 Å². The summed E-state index contributed by atoms with van der Waals surface area (Å²) in [7, 11) is -4.11. The Balaban J connectivity index is 2.83. The van der Waals surface area contributed by atoms with Gasteiger partial charge in [0.05, 0.1) is 4.90 Å². The van der Waals surface area contributed by atoms with Gasteiger partial charge in [-0.25, -0.2) is 13.1 Å². The van der Waals surface area contributed by atoms with E-state index < -0.39 is 28.0 Å². The van der Waals surface area contributed by atoms with E-state index in [1.165, 1.54) is 0 Å². The highest BCUT2D eigenvalue weighted by atomic mass is 32.2. The van der Waals surface area contributed by atoms with Gasteiger partial charge in [-0.2, -0.15) is 13.2 Å². The molecule has 0 saturated heterocycles. The summed E-state index contributed by atoms with van der Waals surface area (Å²) in [5.74, 6) is -2.89. The Hall–Kier alpha value is -2.10. The third-order valence-electron chi connectivity index (χ3n) is 2.52. The molecule has 0 aliphatic heterocycles. The minimum absolute atomic E-state index is 0.0129. The number of carbonyl (C=O) groups excluding carboxylic acids is 2. The zero-order valence-electron chi connectivity index (χ0n) is 12.3. The van der Waals surface area contributed by atoms with Crippen LogP contribution in [0.2, 0.25) is 0 Å². The number of nitrogens with one attached hydrogen (secondary N) is 2. The van der Waals surface area contributed by atoms with Gasteiger partial charge in [-0.15, -0.1) is 0 Å². The van der Waals surface area contributed by atoms with Gasteiger partial charge in [0.25, 0.3) is 10.0 Å². The SMILES string of the molecule is CC(C)CC(=O)NS(=O)(=O)c1ccc(NC(=O)C(F)(F)F)cc1. The molecular formula is C13H15F3N2O4S. The number of sulfonamides is 1. The van der Waals surface area contributed by atoms with Gasteiger partial charge in [-0.3, -0.25) is 9.59 Å². The number of carbonyl (C=O) groups is 2. The van der Waals surface area contributed by atoms with Crippen molar-refractivity contribution in [2.75, 3.05) is 5.32 Å². The first kappa shape index (κ1) is 18.9. The number of amides is 2. The standard InChI is InChI=1S/C13H15F3N2O4S/c1-8(2)7-11(19)18-23(21,22)10-5-3-9(4-6-10)17-12(20)13(14,15)16/h3-6,8H,7H2,1-2H3,(H,17,20)(H,18,19). The highest BCUT2D eigenvalue weighted by Crippen LogP contribution is 2.19. The number of hydrogen-bond donors (Lipinski definition) is 2. The molecule has 1 rings (SSSR count). The van der Waals surface area contributed by atoms with Gasteiger partial charge in [0.2, 0.25) is 5.91 Å². The van der Waals surface area contributed by atoms with Crippen LogP contribution in [0.25, 0.3) is 0 Å². The van der Waals surface area contributed by atoms with Gasteiger partial charge in [0.1, 0.15) is 0 Å². The number of alkyl halides is 3. The van der Waals surface area contributed by atoms with Crippen LogP contribution in [0.4, 0.5) is 18.9 Å². The van der Waals surface area contributed by atoms with Crippen LogP contribution in [0.5, 0.6) is 0 Å². The molecule has 1 aromatic rings. The lowest BCUT2D eigenvalue weighted by molar-refractivity contribution is -0.167. The van der Waals surface area contributed by atoms with Crippen molar-refractivity contribution in [2.24, 2.45) is 5.92 Å². The summed E-state index contributed by atoms with van der Waals surface area (Å²) in [6, 6.07) is 3.95. The average Bonchev–Trinajstić information content (AvgIpc) is 2.36. The van der Waals surface area contributed by atoms with Crippen molar-refractivity contribution in [1.29, 1.82) is 0 Å². The third kappa shape index (κ3) is 5.89. The summed E-state index contributed by atoms with van der Waals surface area (Å²) < 4.78 is 62.0. The van der Waals surface area contributed by atoms with Crippen LogP contribution >= 0.6 is 0 Å². The van der Waals surface area contributed by atoms with Crippen LogP contribution in [-0.4, -0.2) is 26.4 Å². The summed E-state index contributed by atoms with van der Waals surface area (Å²) in [4.78, 5) is 21.9. The molecule has 23 heavy (non-hydrogen) atoms. The predicted octanol–water partition coefficient (Wildman–Crippen LogP) is 2.04. The van der Waals surface area contributed by atoms with E-state index in [0.29, 0.717) is 0 Å².